The quantitative estimate of drug-likeness (QED) is 0.474. The number of aromatic carboxylic acids is 1. The maximum atomic E-state index is 14.1. The first kappa shape index (κ1) is 21.1. The van der Waals surface area contributed by atoms with Gasteiger partial charge in [0, 0.05) is 23.2 Å². The Morgan fingerprint density at radius 3 is 2.44 bits per heavy atom. The number of anilines is 1. The Morgan fingerprint density at radius 2 is 1.78 bits per heavy atom. The third-order valence-corrected chi connectivity index (χ3v) is 5.10. The summed E-state index contributed by atoms with van der Waals surface area (Å²) in [5.74, 6) is -2.31. The summed E-state index contributed by atoms with van der Waals surface area (Å²) in [5.41, 5.74) is 0.514. The molecule has 2 heterocycles. The van der Waals surface area contributed by atoms with Crippen LogP contribution in [0.3, 0.4) is 0 Å². The predicted octanol–water partition coefficient (Wildman–Crippen LogP) is 3.99. The van der Waals surface area contributed by atoms with Gasteiger partial charge in [-0.25, -0.2) is 18.6 Å². The third-order valence-electron chi connectivity index (χ3n) is 5.10. The first-order chi connectivity index (χ1) is 15.3. The van der Waals surface area contributed by atoms with Gasteiger partial charge in [0.25, 0.3) is 5.56 Å². The number of carboxylic acid groups (broad SMARTS) is 1. The Morgan fingerprint density at radius 1 is 1.09 bits per heavy atom. The van der Waals surface area contributed by atoms with Gasteiger partial charge in [-0.2, -0.15) is 4.98 Å². The lowest BCUT2D eigenvalue weighted by molar-refractivity contribution is 0.0697. The molecule has 1 unspecified atom stereocenters. The van der Waals surface area contributed by atoms with Crippen molar-refractivity contribution in [2.24, 2.45) is 0 Å². The zero-order chi connectivity index (χ0) is 22.8. The molecule has 1 atom stereocenters. The summed E-state index contributed by atoms with van der Waals surface area (Å²) in [6.45, 7) is 1.52. The smallest absolute Gasteiger partial charge is 0.335 e. The molecule has 2 N–H and O–H groups in total. The number of benzene rings is 2. The fraction of sp³-hybridized carbons (Fsp3) is 0.130. The Bertz CT molecular complexity index is 1350. The van der Waals surface area contributed by atoms with Gasteiger partial charge in [-0.15, -0.1) is 0 Å². The number of halogens is 2. The van der Waals surface area contributed by atoms with Gasteiger partial charge in [0.2, 0.25) is 5.95 Å². The third kappa shape index (κ3) is 4.18. The van der Waals surface area contributed by atoms with E-state index in [1.165, 1.54) is 35.0 Å². The highest BCUT2D eigenvalue weighted by Crippen LogP contribution is 2.20. The molecule has 0 spiro atoms. The van der Waals surface area contributed by atoms with E-state index in [2.05, 4.69) is 15.3 Å². The summed E-state index contributed by atoms with van der Waals surface area (Å²) in [6.07, 6.45) is 1.51. The van der Waals surface area contributed by atoms with Crippen LogP contribution in [0, 0.1) is 11.6 Å². The molecule has 0 aliphatic carbocycles. The molecule has 0 saturated carbocycles. The zero-order valence-corrected chi connectivity index (χ0v) is 16.9. The van der Waals surface area contributed by atoms with Crippen molar-refractivity contribution in [3.05, 3.63) is 99.5 Å². The van der Waals surface area contributed by atoms with Crippen molar-refractivity contribution in [2.75, 3.05) is 5.32 Å². The summed E-state index contributed by atoms with van der Waals surface area (Å²) in [4.78, 5) is 32.2. The molecule has 2 aromatic carbocycles. The molecule has 7 nitrogen and oxygen atoms in total. The summed E-state index contributed by atoms with van der Waals surface area (Å²) in [6, 6.07) is 12.4. The van der Waals surface area contributed by atoms with Crippen LogP contribution in [0.5, 0.6) is 0 Å². The minimum atomic E-state index is -1.01. The first-order valence-electron chi connectivity index (χ1n) is 9.73. The lowest BCUT2D eigenvalue weighted by Crippen LogP contribution is -2.22. The lowest BCUT2D eigenvalue weighted by Gasteiger charge is -2.16. The van der Waals surface area contributed by atoms with Crippen LogP contribution in [-0.4, -0.2) is 25.6 Å². The molecule has 0 saturated heterocycles. The van der Waals surface area contributed by atoms with E-state index in [9.17, 15) is 18.4 Å². The average Bonchev–Trinajstić information content (AvgIpc) is 2.77. The van der Waals surface area contributed by atoms with Gasteiger partial charge in [0.15, 0.2) is 0 Å². The molecule has 4 aromatic rings. The molecule has 0 bridgehead atoms. The highest BCUT2D eigenvalue weighted by molar-refractivity contribution is 5.87. The minimum Gasteiger partial charge on any atom is -0.478 e. The summed E-state index contributed by atoms with van der Waals surface area (Å²) < 4.78 is 29.5. The molecule has 0 aliphatic rings. The SMILES string of the molecule is CC(Nc1ncc2ccc(=O)n(Cc3c(F)cccc3F)c2n1)c1ccc(C(=O)O)cc1. The van der Waals surface area contributed by atoms with Crippen LogP contribution < -0.4 is 10.9 Å². The van der Waals surface area contributed by atoms with Crippen LogP contribution in [0.15, 0.2) is 65.6 Å². The second kappa shape index (κ2) is 8.54. The molecule has 162 valence electrons. The van der Waals surface area contributed by atoms with Gasteiger partial charge >= 0.3 is 5.97 Å². The number of hydrogen-bond donors (Lipinski definition) is 2. The maximum absolute atomic E-state index is 14.1. The van der Waals surface area contributed by atoms with Crippen molar-refractivity contribution in [3.63, 3.8) is 0 Å². The summed E-state index contributed by atoms with van der Waals surface area (Å²) in [5, 5.41) is 12.7. The molecule has 9 heteroatoms. The largest absolute Gasteiger partial charge is 0.478 e. The fourth-order valence-corrected chi connectivity index (χ4v) is 3.33. The normalized spacial score (nSPS) is 12.0. The zero-order valence-electron chi connectivity index (χ0n) is 16.9. The lowest BCUT2D eigenvalue weighted by atomic mass is 10.1. The van der Waals surface area contributed by atoms with Crippen molar-refractivity contribution in [2.45, 2.75) is 19.5 Å². The Labute approximate surface area is 181 Å². The van der Waals surface area contributed by atoms with E-state index in [0.29, 0.717) is 5.39 Å². The second-order valence-electron chi connectivity index (χ2n) is 7.22. The fourth-order valence-electron chi connectivity index (χ4n) is 3.33. The van der Waals surface area contributed by atoms with Crippen LogP contribution in [0.4, 0.5) is 14.7 Å². The highest BCUT2D eigenvalue weighted by Gasteiger charge is 2.14. The Hall–Kier alpha value is -4.14. The van der Waals surface area contributed by atoms with Gasteiger partial charge in [-0.3, -0.25) is 9.36 Å². The minimum absolute atomic E-state index is 0.173. The van der Waals surface area contributed by atoms with E-state index in [1.807, 2.05) is 6.92 Å². The van der Waals surface area contributed by atoms with Gasteiger partial charge in [-0.1, -0.05) is 18.2 Å². The average molecular weight is 436 g/mol. The van der Waals surface area contributed by atoms with Gasteiger partial charge in [0.05, 0.1) is 18.2 Å². The van der Waals surface area contributed by atoms with Crippen molar-refractivity contribution in [3.8, 4) is 0 Å². The number of pyridine rings is 1. The predicted molar refractivity (Wildman–Crippen MR) is 115 cm³/mol. The number of aromatic nitrogens is 3. The number of fused-ring (bicyclic) bond motifs is 1. The van der Waals surface area contributed by atoms with Crippen molar-refractivity contribution in [1.82, 2.24) is 14.5 Å². The molecule has 32 heavy (non-hydrogen) atoms. The number of carbonyl (C=O) groups is 1. The Kier molecular flexibility index (Phi) is 5.63. The first-order valence-corrected chi connectivity index (χ1v) is 9.73. The van der Waals surface area contributed by atoms with E-state index in [1.54, 1.807) is 18.2 Å². The van der Waals surface area contributed by atoms with Crippen LogP contribution in [0.25, 0.3) is 11.0 Å². The van der Waals surface area contributed by atoms with E-state index in [-0.39, 0.29) is 35.3 Å². The number of hydrogen-bond acceptors (Lipinski definition) is 5. The van der Waals surface area contributed by atoms with Crippen LogP contribution in [-0.2, 0) is 6.54 Å². The molecular weight excluding hydrogens is 418 g/mol. The van der Waals surface area contributed by atoms with Gasteiger partial charge in [0.1, 0.15) is 17.3 Å². The van der Waals surface area contributed by atoms with E-state index < -0.39 is 23.2 Å². The van der Waals surface area contributed by atoms with Crippen LogP contribution in [0.1, 0.15) is 34.5 Å². The molecule has 4 rings (SSSR count). The molecule has 0 amide bonds. The number of nitrogens with zero attached hydrogens (tertiary/aromatic N) is 3. The molecular formula is C23H18F2N4O3. The van der Waals surface area contributed by atoms with Crippen LogP contribution in [0.2, 0.25) is 0 Å². The monoisotopic (exact) mass is 436 g/mol. The topological polar surface area (TPSA) is 97.1 Å². The van der Waals surface area contributed by atoms with E-state index >= 15 is 0 Å². The van der Waals surface area contributed by atoms with Crippen molar-refractivity contribution < 1.29 is 18.7 Å². The molecule has 0 radical (unpaired) electrons. The second-order valence-corrected chi connectivity index (χ2v) is 7.22. The van der Waals surface area contributed by atoms with E-state index in [0.717, 1.165) is 17.7 Å². The Balaban J connectivity index is 1.68. The number of rotatable bonds is 6. The highest BCUT2D eigenvalue weighted by atomic mass is 19.1. The van der Waals surface area contributed by atoms with Gasteiger partial charge in [-0.05, 0) is 42.8 Å². The summed E-state index contributed by atoms with van der Waals surface area (Å²) in [7, 11) is 0. The van der Waals surface area contributed by atoms with Crippen molar-refractivity contribution in [1.29, 1.82) is 0 Å². The van der Waals surface area contributed by atoms with Crippen LogP contribution >= 0.6 is 0 Å². The van der Waals surface area contributed by atoms with E-state index in [4.69, 9.17) is 5.11 Å². The molecule has 2 aromatic heterocycles. The molecule has 0 fully saturated rings. The number of carboxylic acids is 1. The standard InChI is InChI=1S/C23H18F2N4O3/c1-13(14-5-7-15(8-6-14)22(31)32)27-23-26-11-16-9-10-20(30)29(21(16)28-23)12-17-18(24)3-2-4-19(17)25/h2-11,13H,12H2,1H3,(H,31,32)(H,26,27,28). The van der Waals surface area contributed by atoms with Gasteiger partial charge < -0.3 is 10.4 Å². The summed E-state index contributed by atoms with van der Waals surface area (Å²) >= 11 is 0. The molecule has 0 aliphatic heterocycles. The maximum Gasteiger partial charge on any atom is 0.335 e. The van der Waals surface area contributed by atoms with Crippen molar-refractivity contribution >= 4 is 23.0 Å². The number of nitrogens with one attached hydrogen (secondary N) is 1.